The maximum Gasteiger partial charge on any atom is 0.241 e. The van der Waals surface area contributed by atoms with Crippen LogP contribution in [0.25, 0.3) is 0 Å². The minimum absolute atomic E-state index is 0.0246. The summed E-state index contributed by atoms with van der Waals surface area (Å²) in [6.45, 7) is 1.62. The third-order valence-electron chi connectivity index (χ3n) is 3.80. The van der Waals surface area contributed by atoms with Crippen molar-refractivity contribution in [1.82, 2.24) is 20.1 Å². The van der Waals surface area contributed by atoms with E-state index in [0.717, 1.165) is 44.3 Å². The van der Waals surface area contributed by atoms with E-state index in [4.69, 9.17) is 5.73 Å². The standard InChI is InChI=1S/C18H27N5O/c19-12-5-2-6-13-20-18(24)14-23-15-21-17(22-23)11-7-10-16-8-3-1-4-9-16/h1,3-4,8-9,15H,2,5-7,10-14,19H2,(H,20,24). The van der Waals surface area contributed by atoms with E-state index < -0.39 is 0 Å². The lowest BCUT2D eigenvalue weighted by molar-refractivity contribution is -0.121. The van der Waals surface area contributed by atoms with Gasteiger partial charge in [0.05, 0.1) is 0 Å². The van der Waals surface area contributed by atoms with E-state index in [1.165, 1.54) is 5.56 Å². The number of unbranched alkanes of at least 4 members (excludes halogenated alkanes) is 2. The van der Waals surface area contributed by atoms with Gasteiger partial charge in [-0.1, -0.05) is 36.8 Å². The second-order valence-electron chi connectivity index (χ2n) is 5.90. The smallest absolute Gasteiger partial charge is 0.241 e. The Labute approximate surface area is 143 Å². The Morgan fingerprint density at radius 1 is 1.08 bits per heavy atom. The molecule has 0 radical (unpaired) electrons. The van der Waals surface area contributed by atoms with Gasteiger partial charge in [-0.05, 0) is 37.8 Å². The van der Waals surface area contributed by atoms with Gasteiger partial charge in [0.25, 0.3) is 0 Å². The third kappa shape index (κ3) is 6.91. The van der Waals surface area contributed by atoms with Crippen molar-refractivity contribution < 1.29 is 4.79 Å². The molecule has 0 unspecified atom stereocenters. The number of amides is 1. The van der Waals surface area contributed by atoms with Crippen molar-refractivity contribution in [2.75, 3.05) is 13.1 Å². The number of nitrogens with zero attached hydrogens (tertiary/aromatic N) is 3. The number of hydrogen-bond acceptors (Lipinski definition) is 4. The van der Waals surface area contributed by atoms with E-state index in [2.05, 4.69) is 39.7 Å². The summed E-state index contributed by atoms with van der Waals surface area (Å²) in [6.07, 6.45) is 7.48. The van der Waals surface area contributed by atoms with Gasteiger partial charge in [0.15, 0.2) is 5.82 Å². The van der Waals surface area contributed by atoms with E-state index in [1.807, 2.05) is 6.07 Å². The van der Waals surface area contributed by atoms with Crippen LogP contribution in [0.15, 0.2) is 36.7 Å². The first-order chi connectivity index (χ1) is 11.8. The molecule has 0 fully saturated rings. The molecule has 0 aliphatic rings. The van der Waals surface area contributed by atoms with Crippen molar-refractivity contribution in [1.29, 1.82) is 0 Å². The molecule has 0 saturated carbocycles. The van der Waals surface area contributed by atoms with Crippen LogP contribution in [0.2, 0.25) is 0 Å². The van der Waals surface area contributed by atoms with Gasteiger partial charge in [-0.3, -0.25) is 4.79 Å². The van der Waals surface area contributed by atoms with Crippen LogP contribution in [-0.4, -0.2) is 33.8 Å². The summed E-state index contributed by atoms with van der Waals surface area (Å²) in [6, 6.07) is 10.4. The molecule has 1 heterocycles. The van der Waals surface area contributed by atoms with Crippen LogP contribution in [-0.2, 0) is 24.2 Å². The molecule has 1 aromatic carbocycles. The maximum absolute atomic E-state index is 11.8. The van der Waals surface area contributed by atoms with Crippen LogP contribution >= 0.6 is 0 Å². The van der Waals surface area contributed by atoms with Crippen LogP contribution < -0.4 is 11.1 Å². The van der Waals surface area contributed by atoms with E-state index >= 15 is 0 Å². The van der Waals surface area contributed by atoms with Gasteiger partial charge in [-0.15, -0.1) is 0 Å². The molecule has 2 rings (SSSR count). The lowest BCUT2D eigenvalue weighted by atomic mass is 10.1. The first kappa shape index (κ1) is 18.1. The maximum atomic E-state index is 11.8. The number of carbonyl (C=O) groups is 1. The summed E-state index contributed by atoms with van der Waals surface area (Å²) in [5.74, 6) is 0.769. The number of aromatic nitrogens is 3. The Morgan fingerprint density at radius 3 is 2.71 bits per heavy atom. The second-order valence-corrected chi connectivity index (χ2v) is 5.90. The van der Waals surface area contributed by atoms with Gasteiger partial charge in [0, 0.05) is 13.0 Å². The molecule has 6 nitrogen and oxygen atoms in total. The molecular formula is C18H27N5O. The fourth-order valence-electron chi connectivity index (χ4n) is 2.50. The van der Waals surface area contributed by atoms with Gasteiger partial charge < -0.3 is 11.1 Å². The zero-order valence-corrected chi connectivity index (χ0v) is 14.2. The highest BCUT2D eigenvalue weighted by Gasteiger charge is 2.06. The second kappa shape index (κ2) is 10.5. The molecule has 130 valence electrons. The summed E-state index contributed by atoms with van der Waals surface area (Å²) in [4.78, 5) is 16.1. The van der Waals surface area contributed by atoms with E-state index in [-0.39, 0.29) is 12.5 Å². The average Bonchev–Trinajstić information content (AvgIpc) is 3.03. The summed E-state index contributed by atoms with van der Waals surface area (Å²) in [7, 11) is 0. The lowest BCUT2D eigenvalue weighted by Gasteiger charge is -2.04. The van der Waals surface area contributed by atoms with Crippen LogP contribution in [0.1, 0.15) is 37.1 Å². The predicted molar refractivity (Wildman–Crippen MR) is 94.4 cm³/mol. The minimum Gasteiger partial charge on any atom is -0.354 e. The Balaban J connectivity index is 1.64. The van der Waals surface area contributed by atoms with Crippen LogP contribution in [0, 0.1) is 0 Å². The molecule has 0 spiro atoms. The molecule has 2 aromatic rings. The van der Waals surface area contributed by atoms with Crippen LogP contribution in [0.3, 0.4) is 0 Å². The Hall–Kier alpha value is -2.21. The predicted octanol–water partition coefficient (Wildman–Crippen LogP) is 1.70. The molecule has 0 aliphatic heterocycles. The molecule has 0 atom stereocenters. The van der Waals surface area contributed by atoms with E-state index in [1.54, 1.807) is 11.0 Å². The monoisotopic (exact) mass is 329 g/mol. The number of nitrogens with two attached hydrogens (primary N) is 1. The molecule has 0 bridgehead atoms. The van der Waals surface area contributed by atoms with Gasteiger partial charge in [0.2, 0.25) is 5.91 Å². The number of hydrogen-bond donors (Lipinski definition) is 2. The van der Waals surface area contributed by atoms with Crippen molar-refractivity contribution >= 4 is 5.91 Å². The zero-order chi connectivity index (χ0) is 17.0. The SMILES string of the molecule is NCCCCCNC(=O)Cn1cnc(CCCc2ccccc2)n1. The molecule has 6 heteroatoms. The quantitative estimate of drug-likeness (QED) is 0.614. The largest absolute Gasteiger partial charge is 0.354 e. The highest BCUT2D eigenvalue weighted by atomic mass is 16.2. The molecule has 1 amide bonds. The Morgan fingerprint density at radius 2 is 1.92 bits per heavy atom. The Kier molecular flexibility index (Phi) is 7.97. The number of rotatable bonds is 11. The molecule has 0 saturated heterocycles. The number of carbonyl (C=O) groups excluding carboxylic acids is 1. The number of benzene rings is 1. The third-order valence-corrected chi connectivity index (χ3v) is 3.80. The number of nitrogens with one attached hydrogen (secondary N) is 1. The first-order valence-electron chi connectivity index (χ1n) is 8.67. The molecule has 1 aromatic heterocycles. The fraction of sp³-hybridized carbons (Fsp3) is 0.500. The van der Waals surface area contributed by atoms with Crippen LogP contribution in [0.4, 0.5) is 0 Å². The summed E-state index contributed by atoms with van der Waals surface area (Å²) in [5.41, 5.74) is 6.76. The highest BCUT2D eigenvalue weighted by molar-refractivity contribution is 5.75. The number of aryl methyl sites for hydroxylation is 2. The topological polar surface area (TPSA) is 85.8 Å². The average molecular weight is 329 g/mol. The molecule has 3 N–H and O–H groups in total. The van der Waals surface area contributed by atoms with Crippen molar-refractivity contribution in [2.45, 2.75) is 45.1 Å². The minimum atomic E-state index is -0.0246. The van der Waals surface area contributed by atoms with Gasteiger partial charge in [-0.2, -0.15) is 5.10 Å². The first-order valence-corrected chi connectivity index (χ1v) is 8.67. The summed E-state index contributed by atoms with van der Waals surface area (Å²) >= 11 is 0. The van der Waals surface area contributed by atoms with E-state index in [9.17, 15) is 4.79 Å². The van der Waals surface area contributed by atoms with Crippen molar-refractivity contribution in [3.05, 3.63) is 48.0 Å². The normalized spacial score (nSPS) is 10.7. The van der Waals surface area contributed by atoms with Crippen molar-refractivity contribution in [3.8, 4) is 0 Å². The molecule has 24 heavy (non-hydrogen) atoms. The highest BCUT2D eigenvalue weighted by Crippen LogP contribution is 2.05. The van der Waals surface area contributed by atoms with Crippen LogP contribution in [0.5, 0.6) is 0 Å². The summed E-state index contributed by atoms with van der Waals surface area (Å²) < 4.78 is 1.60. The zero-order valence-electron chi connectivity index (χ0n) is 14.2. The van der Waals surface area contributed by atoms with Crippen molar-refractivity contribution in [2.24, 2.45) is 5.73 Å². The van der Waals surface area contributed by atoms with Gasteiger partial charge >= 0.3 is 0 Å². The molecule has 0 aliphatic carbocycles. The fourth-order valence-corrected chi connectivity index (χ4v) is 2.50. The summed E-state index contributed by atoms with van der Waals surface area (Å²) in [5, 5.41) is 7.26. The Bertz CT molecular complexity index is 596. The van der Waals surface area contributed by atoms with Gasteiger partial charge in [-0.25, -0.2) is 9.67 Å². The lowest BCUT2D eigenvalue weighted by Crippen LogP contribution is -2.28. The van der Waals surface area contributed by atoms with Crippen molar-refractivity contribution in [3.63, 3.8) is 0 Å². The van der Waals surface area contributed by atoms with E-state index in [0.29, 0.717) is 13.1 Å². The van der Waals surface area contributed by atoms with Gasteiger partial charge in [0.1, 0.15) is 12.9 Å². The molecular weight excluding hydrogens is 302 g/mol.